The number of anilines is 1. The largest absolute Gasteiger partial charge is 0.495 e. The van der Waals surface area contributed by atoms with Crippen LogP contribution in [0.2, 0.25) is 5.02 Å². The van der Waals surface area contributed by atoms with E-state index in [4.69, 9.17) is 30.5 Å². The maximum atomic E-state index is 14.3. The Morgan fingerprint density at radius 3 is 2.40 bits per heavy atom. The summed E-state index contributed by atoms with van der Waals surface area (Å²) in [4.78, 5) is 32.5. The molecule has 1 fully saturated rings. The Balaban J connectivity index is 1.57. The van der Waals surface area contributed by atoms with Crippen molar-refractivity contribution in [3.05, 3.63) is 82.4 Å². The first-order valence-corrected chi connectivity index (χ1v) is 14.5. The van der Waals surface area contributed by atoms with Gasteiger partial charge in [-0.25, -0.2) is 0 Å². The number of benzene rings is 3. The first kappa shape index (κ1) is 29.7. The van der Waals surface area contributed by atoms with E-state index in [0.717, 1.165) is 24.4 Å². The van der Waals surface area contributed by atoms with E-state index in [1.165, 1.54) is 14.2 Å². The highest BCUT2D eigenvalue weighted by molar-refractivity contribution is 6.32. The number of halogens is 1. The highest BCUT2D eigenvalue weighted by Crippen LogP contribution is 2.44. The summed E-state index contributed by atoms with van der Waals surface area (Å²) in [6.45, 7) is 6.51. The van der Waals surface area contributed by atoms with Crippen molar-refractivity contribution in [3.63, 3.8) is 0 Å². The number of carbonyl (C=O) groups excluding carboxylic acids is 2. The quantitative estimate of drug-likeness (QED) is 0.354. The Hall–Kier alpha value is -3.79. The zero-order valence-electron chi connectivity index (χ0n) is 24.1. The SMILES string of the molecule is CCOc1ccc([C@H]2[C@H](C(=O)Nc3cc(Cl)c(OC)cc3OC)c3ccccc3C(=O)N2CCN2CCOCC2)cc1. The zero-order chi connectivity index (χ0) is 29.6. The molecule has 0 spiro atoms. The third-order valence-corrected chi connectivity index (χ3v) is 8.04. The standard InChI is InChI=1S/C32H36ClN3O6/c1-4-42-22-11-9-21(10-12-22)30-29(31(37)34-26-19-25(33)27(39-2)20-28(26)40-3)23-7-5-6-8-24(23)32(38)36(30)14-13-35-15-17-41-18-16-35/h5-12,19-20,29-30H,4,13-18H2,1-3H3,(H,34,37)/t29-,30+/m1/s1. The van der Waals surface area contributed by atoms with E-state index in [1.54, 1.807) is 18.2 Å². The van der Waals surface area contributed by atoms with Crippen molar-refractivity contribution in [1.82, 2.24) is 9.80 Å². The Kier molecular flexibility index (Phi) is 9.51. The summed E-state index contributed by atoms with van der Waals surface area (Å²) in [5.74, 6) is 0.458. The van der Waals surface area contributed by atoms with Crippen molar-refractivity contribution in [2.45, 2.75) is 18.9 Å². The molecule has 0 radical (unpaired) electrons. The van der Waals surface area contributed by atoms with Gasteiger partial charge < -0.3 is 29.2 Å². The van der Waals surface area contributed by atoms with Crippen LogP contribution in [0.25, 0.3) is 0 Å². The van der Waals surface area contributed by atoms with E-state index >= 15 is 0 Å². The lowest BCUT2D eigenvalue weighted by Crippen LogP contribution is -2.49. The van der Waals surface area contributed by atoms with Gasteiger partial charge in [-0.1, -0.05) is 41.9 Å². The minimum atomic E-state index is -0.716. The second-order valence-electron chi connectivity index (χ2n) is 10.1. The molecule has 42 heavy (non-hydrogen) atoms. The van der Waals surface area contributed by atoms with E-state index in [0.29, 0.717) is 66.2 Å². The molecule has 3 aromatic carbocycles. The fraction of sp³-hybridized carbons (Fsp3) is 0.375. The smallest absolute Gasteiger partial charge is 0.254 e. The predicted octanol–water partition coefficient (Wildman–Crippen LogP) is 5.01. The summed E-state index contributed by atoms with van der Waals surface area (Å²) in [6.07, 6.45) is 0. The molecule has 0 unspecified atom stereocenters. The van der Waals surface area contributed by atoms with Gasteiger partial charge in [-0.15, -0.1) is 0 Å². The molecule has 0 saturated carbocycles. The third kappa shape index (κ3) is 6.18. The number of rotatable bonds is 10. The van der Waals surface area contributed by atoms with E-state index in [-0.39, 0.29) is 11.8 Å². The van der Waals surface area contributed by atoms with Gasteiger partial charge in [0.05, 0.1) is 56.7 Å². The number of nitrogens with zero attached hydrogens (tertiary/aromatic N) is 2. The molecule has 9 nitrogen and oxygen atoms in total. The molecule has 10 heteroatoms. The van der Waals surface area contributed by atoms with Gasteiger partial charge in [0.15, 0.2) is 0 Å². The van der Waals surface area contributed by atoms with Crippen LogP contribution >= 0.6 is 11.6 Å². The number of amides is 2. The number of nitrogens with one attached hydrogen (secondary N) is 1. The molecule has 222 valence electrons. The van der Waals surface area contributed by atoms with Crippen molar-refractivity contribution in [3.8, 4) is 17.2 Å². The molecule has 0 aromatic heterocycles. The highest BCUT2D eigenvalue weighted by atomic mass is 35.5. The normalized spacial score (nSPS) is 18.8. The van der Waals surface area contributed by atoms with Crippen molar-refractivity contribution in [1.29, 1.82) is 0 Å². The molecule has 2 atom stereocenters. The van der Waals surface area contributed by atoms with Crippen LogP contribution in [0, 0.1) is 0 Å². The first-order chi connectivity index (χ1) is 20.4. The van der Waals surface area contributed by atoms with Crippen LogP contribution in [-0.4, -0.2) is 81.8 Å². The average Bonchev–Trinajstić information content (AvgIpc) is 3.01. The molecular weight excluding hydrogens is 558 g/mol. The second-order valence-corrected chi connectivity index (χ2v) is 10.5. The zero-order valence-corrected chi connectivity index (χ0v) is 24.9. The molecule has 5 rings (SSSR count). The lowest BCUT2D eigenvalue weighted by atomic mass is 9.79. The molecule has 0 bridgehead atoms. The third-order valence-electron chi connectivity index (χ3n) is 7.75. The Bertz CT molecular complexity index is 1410. The van der Waals surface area contributed by atoms with Gasteiger partial charge in [0.2, 0.25) is 5.91 Å². The lowest BCUT2D eigenvalue weighted by Gasteiger charge is -2.43. The second kappa shape index (κ2) is 13.5. The van der Waals surface area contributed by atoms with Crippen molar-refractivity contribution < 1.29 is 28.5 Å². The van der Waals surface area contributed by atoms with E-state index < -0.39 is 12.0 Å². The molecule has 1 saturated heterocycles. The predicted molar refractivity (Wildman–Crippen MR) is 161 cm³/mol. The van der Waals surface area contributed by atoms with Crippen LogP contribution < -0.4 is 19.5 Å². The van der Waals surface area contributed by atoms with Crippen molar-refractivity contribution in [2.75, 3.05) is 65.5 Å². The van der Waals surface area contributed by atoms with Gasteiger partial charge in [0, 0.05) is 37.8 Å². The summed E-state index contributed by atoms with van der Waals surface area (Å²) >= 11 is 6.42. The topological polar surface area (TPSA) is 89.6 Å². The Morgan fingerprint density at radius 1 is 1.00 bits per heavy atom. The monoisotopic (exact) mass is 593 g/mol. The number of methoxy groups -OCH3 is 2. The van der Waals surface area contributed by atoms with E-state index in [9.17, 15) is 9.59 Å². The van der Waals surface area contributed by atoms with Crippen LogP contribution in [0.5, 0.6) is 17.2 Å². The molecule has 2 heterocycles. The number of ether oxygens (including phenoxy) is 4. The first-order valence-electron chi connectivity index (χ1n) is 14.1. The fourth-order valence-electron chi connectivity index (χ4n) is 5.66. The van der Waals surface area contributed by atoms with Crippen molar-refractivity contribution >= 4 is 29.1 Å². The maximum Gasteiger partial charge on any atom is 0.254 e. The Morgan fingerprint density at radius 2 is 1.71 bits per heavy atom. The van der Waals surface area contributed by atoms with Crippen LogP contribution in [0.1, 0.15) is 40.4 Å². The lowest BCUT2D eigenvalue weighted by molar-refractivity contribution is -0.119. The maximum absolute atomic E-state index is 14.3. The van der Waals surface area contributed by atoms with Crippen LogP contribution in [0.4, 0.5) is 5.69 Å². The average molecular weight is 594 g/mol. The summed E-state index contributed by atoms with van der Waals surface area (Å²) < 4.78 is 22.1. The molecule has 2 aliphatic rings. The highest BCUT2D eigenvalue weighted by Gasteiger charge is 2.44. The molecular formula is C32H36ClN3O6. The Labute approximate surface area is 251 Å². The van der Waals surface area contributed by atoms with E-state index in [1.807, 2.05) is 54.3 Å². The fourth-order valence-corrected chi connectivity index (χ4v) is 5.90. The molecule has 2 aliphatic heterocycles. The number of fused-ring (bicyclic) bond motifs is 1. The summed E-state index contributed by atoms with van der Waals surface area (Å²) in [5.41, 5.74) is 2.43. The van der Waals surface area contributed by atoms with Crippen LogP contribution in [-0.2, 0) is 9.53 Å². The van der Waals surface area contributed by atoms with Crippen LogP contribution in [0.3, 0.4) is 0 Å². The van der Waals surface area contributed by atoms with Gasteiger partial charge in [-0.05, 0) is 42.3 Å². The molecule has 0 aliphatic carbocycles. The van der Waals surface area contributed by atoms with Crippen molar-refractivity contribution in [2.24, 2.45) is 0 Å². The summed E-state index contributed by atoms with van der Waals surface area (Å²) in [6, 6.07) is 17.6. The van der Waals surface area contributed by atoms with Gasteiger partial charge in [-0.3, -0.25) is 14.5 Å². The molecule has 2 amide bonds. The van der Waals surface area contributed by atoms with E-state index in [2.05, 4.69) is 10.2 Å². The van der Waals surface area contributed by atoms with Gasteiger partial charge >= 0.3 is 0 Å². The number of hydrogen-bond donors (Lipinski definition) is 1. The number of carbonyl (C=O) groups is 2. The molecule has 1 N–H and O–H groups in total. The minimum absolute atomic E-state index is 0.105. The minimum Gasteiger partial charge on any atom is -0.495 e. The number of morpholine rings is 1. The van der Waals surface area contributed by atoms with Gasteiger partial charge in [-0.2, -0.15) is 0 Å². The van der Waals surface area contributed by atoms with Gasteiger partial charge in [0.25, 0.3) is 5.91 Å². The summed E-state index contributed by atoms with van der Waals surface area (Å²) in [7, 11) is 3.03. The molecule has 3 aromatic rings. The van der Waals surface area contributed by atoms with Crippen LogP contribution in [0.15, 0.2) is 60.7 Å². The summed E-state index contributed by atoms with van der Waals surface area (Å²) in [5, 5.41) is 3.38. The number of hydrogen-bond acceptors (Lipinski definition) is 7. The van der Waals surface area contributed by atoms with Gasteiger partial charge in [0.1, 0.15) is 17.2 Å².